The lowest BCUT2D eigenvalue weighted by Crippen LogP contribution is -2.41. The Labute approximate surface area is 122 Å². The summed E-state index contributed by atoms with van der Waals surface area (Å²) < 4.78 is 5.42. The van der Waals surface area contributed by atoms with E-state index in [-0.39, 0.29) is 0 Å². The van der Waals surface area contributed by atoms with Crippen LogP contribution in [0.25, 0.3) is 0 Å². The first-order valence-electron chi connectivity index (χ1n) is 7.71. The van der Waals surface area contributed by atoms with E-state index in [9.17, 15) is 0 Å². The summed E-state index contributed by atoms with van der Waals surface area (Å²) >= 11 is 0. The van der Waals surface area contributed by atoms with E-state index in [1.807, 2.05) is 18.3 Å². The molecule has 1 aliphatic rings. The molecule has 0 saturated heterocycles. The Morgan fingerprint density at radius 1 is 1.35 bits per heavy atom. The molecule has 1 aliphatic carbocycles. The topological polar surface area (TPSA) is 37.4 Å². The third-order valence-electron chi connectivity index (χ3n) is 4.23. The number of hydrogen-bond donors (Lipinski definition) is 1. The summed E-state index contributed by atoms with van der Waals surface area (Å²) in [5.41, 5.74) is 0. The molecule has 4 nitrogen and oxygen atoms in total. The number of anilines is 1. The lowest BCUT2D eigenvalue weighted by molar-refractivity contribution is 0.334. The lowest BCUT2D eigenvalue weighted by atomic mass is 9.90. The normalized spacial score (nSPS) is 22.6. The maximum absolute atomic E-state index is 5.42. The Bertz CT molecular complexity index is 402. The average molecular weight is 277 g/mol. The van der Waals surface area contributed by atoms with Gasteiger partial charge in [-0.3, -0.25) is 0 Å². The number of nitrogens with zero attached hydrogens (tertiary/aromatic N) is 2. The van der Waals surface area contributed by atoms with E-state index in [0.29, 0.717) is 12.1 Å². The number of pyridine rings is 1. The van der Waals surface area contributed by atoms with Crippen molar-refractivity contribution in [2.45, 2.75) is 51.1 Å². The number of methoxy groups -OCH3 is 1. The highest BCUT2D eigenvalue weighted by atomic mass is 16.5. The minimum absolute atomic E-state index is 0.568. The van der Waals surface area contributed by atoms with Crippen LogP contribution in [-0.2, 0) is 0 Å². The van der Waals surface area contributed by atoms with E-state index in [0.717, 1.165) is 18.1 Å². The molecule has 1 heterocycles. The van der Waals surface area contributed by atoms with Crippen molar-refractivity contribution in [3.8, 4) is 5.75 Å². The largest absolute Gasteiger partial charge is 0.493 e. The molecule has 0 unspecified atom stereocenters. The van der Waals surface area contributed by atoms with Crippen LogP contribution in [0, 0.1) is 0 Å². The van der Waals surface area contributed by atoms with Crippen molar-refractivity contribution >= 4 is 5.82 Å². The predicted octanol–water partition coefficient (Wildman–Crippen LogP) is 2.84. The molecule has 0 atom stereocenters. The van der Waals surface area contributed by atoms with E-state index in [4.69, 9.17) is 4.74 Å². The van der Waals surface area contributed by atoms with Gasteiger partial charge in [0.2, 0.25) is 0 Å². The van der Waals surface area contributed by atoms with Crippen LogP contribution in [0.4, 0.5) is 5.82 Å². The average Bonchev–Trinajstić information content (AvgIpc) is 2.52. The lowest BCUT2D eigenvalue weighted by Gasteiger charge is -2.36. The molecule has 1 saturated carbocycles. The molecular weight excluding hydrogens is 250 g/mol. The minimum Gasteiger partial charge on any atom is -0.493 e. The number of aromatic nitrogens is 1. The van der Waals surface area contributed by atoms with Gasteiger partial charge in [0.1, 0.15) is 0 Å². The molecule has 112 valence electrons. The number of nitrogens with one attached hydrogen (secondary N) is 1. The third-order valence-corrected chi connectivity index (χ3v) is 4.23. The molecule has 0 aromatic carbocycles. The Kier molecular flexibility index (Phi) is 5.65. The van der Waals surface area contributed by atoms with Crippen molar-refractivity contribution in [3.63, 3.8) is 0 Å². The van der Waals surface area contributed by atoms with E-state index >= 15 is 0 Å². The maximum Gasteiger partial charge on any atom is 0.171 e. The number of rotatable bonds is 6. The molecule has 0 radical (unpaired) electrons. The highest BCUT2D eigenvalue weighted by Gasteiger charge is 2.25. The van der Waals surface area contributed by atoms with Gasteiger partial charge in [-0.05, 0) is 50.8 Å². The maximum atomic E-state index is 5.42. The van der Waals surface area contributed by atoms with Crippen molar-refractivity contribution in [1.82, 2.24) is 10.3 Å². The summed E-state index contributed by atoms with van der Waals surface area (Å²) in [4.78, 5) is 6.77. The van der Waals surface area contributed by atoms with Gasteiger partial charge in [0, 0.05) is 25.3 Å². The molecule has 1 aromatic rings. The summed E-state index contributed by atoms with van der Waals surface area (Å²) in [5.74, 6) is 1.82. The molecule has 0 amide bonds. The highest BCUT2D eigenvalue weighted by Crippen LogP contribution is 2.30. The zero-order valence-electron chi connectivity index (χ0n) is 12.9. The van der Waals surface area contributed by atoms with Crippen LogP contribution in [0.2, 0.25) is 0 Å². The fourth-order valence-electron chi connectivity index (χ4n) is 3.00. The number of hydrogen-bond acceptors (Lipinski definition) is 4. The second-order valence-electron chi connectivity index (χ2n) is 5.60. The predicted molar refractivity (Wildman–Crippen MR) is 83.5 cm³/mol. The van der Waals surface area contributed by atoms with Crippen LogP contribution in [0.1, 0.15) is 39.0 Å². The van der Waals surface area contributed by atoms with Crippen molar-refractivity contribution in [2.75, 3.05) is 25.6 Å². The molecule has 2 rings (SSSR count). The summed E-state index contributed by atoms with van der Waals surface area (Å²) in [7, 11) is 3.84. The van der Waals surface area contributed by atoms with Gasteiger partial charge in [0.25, 0.3) is 0 Å². The van der Waals surface area contributed by atoms with Gasteiger partial charge in [-0.1, -0.05) is 6.92 Å². The van der Waals surface area contributed by atoms with Crippen molar-refractivity contribution in [1.29, 1.82) is 0 Å². The quantitative estimate of drug-likeness (QED) is 0.867. The molecule has 0 bridgehead atoms. The zero-order chi connectivity index (χ0) is 14.4. The van der Waals surface area contributed by atoms with Crippen molar-refractivity contribution in [3.05, 3.63) is 18.3 Å². The van der Waals surface area contributed by atoms with Crippen LogP contribution in [0.5, 0.6) is 5.75 Å². The van der Waals surface area contributed by atoms with E-state index in [1.54, 1.807) is 7.11 Å². The molecule has 1 fully saturated rings. The molecule has 0 aliphatic heterocycles. The zero-order valence-corrected chi connectivity index (χ0v) is 12.9. The van der Waals surface area contributed by atoms with Crippen LogP contribution in [-0.4, -0.2) is 37.8 Å². The van der Waals surface area contributed by atoms with Gasteiger partial charge >= 0.3 is 0 Å². The Hall–Kier alpha value is -1.29. The van der Waals surface area contributed by atoms with Crippen molar-refractivity contribution < 1.29 is 4.74 Å². The monoisotopic (exact) mass is 277 g/mol. The van der Waals surface area contributed by atoms with E-state index in [2.05, 4.69) is 29.2 Å². The van der Waals surface area contributed by atoms with Crippen LogP contribution in [0.3, 0.4) is 0 Å². The van der Waals surface area contributed by atoms with E-state index in [1.165, 1.54) is 32.1 Å². The van der Waals surface area contributed by atoms with Gasteiger partial charge in [-0.2, -0.15) is 0 Å². The van der Waals surface area contributed by atoms with Gasteiger partial charge in [-0.15, -0.1) is 0 Å². The van der Waals surface area contributed by atoms with Gasteiger partial charge in [-0.25, -0.2) is 4.98 Å². The first-order valence-corrected chi connectivity index (χ1v) is 7.71. The molecule has 4 heteroatoms. The van der Waals surface area contributed by atoms with Crippen molar-refractivity contribution in [2.24, 2.45) is 0 Å². The smallest absolute Gasteiger partial charge is 0.171 e. The van der Waals surface area contributed by atoms with Crippen LogP contribution in [0.15, 0.2) is 18.3 Å². The molecular formula is C16H27N3O. The standard InChI is InChI=1S/C16H27N3O/c1-4-11-17-13-7-9-14(10-8-13)19(2)16-15(20-3)6-5-12-18-16/h5-6,12-14,17H,4,7-11H2,1-3H3. The minimum atomic E-state index is 0.568. The second kappa shape index (κ2) is 7.48. The summed E-state index contributed by atoms with van der Waals surface area (Å²) in [6.45, 7) is 3.36. The Balaban J connectivity index is 1.93. The first kappa shape index (κ1) is 15.1. The van der Waals surface area contributed by atoms with Gasteiger partial charge in [0.15, 0.2) is 11.6 Å². The van der Waals surface area contributed by atoms with E-state index < -0.39 is 0 Å². The summed E-state index contributed by atoms with van der Waals surface area (Å²) in [6, 6.07) is 5.17. The van der Waals surface area contributed by atoms with Gasteiger partial charge in [0.05, 0.1) is 7.11 Å². The molecule has 1 N–H and O–H groups in total. The highest BCUT2D eigenvalue weighted by molar-refractivity contribution is 5.52. The summed E-state index contributed by atoms with van der Waals surface area (Å²) in [5, 5.41) is 3.63. The Morgan fingerprint density at radius 3 is 2.75 bits per heavy atom. The van der Waals surface area contributed by atoms with Crippen LogP contribution >= 0.6 is 0 Å². The fraction of sp³-hybridized carbons (Fsp3) is 0.688. The fourth-order valence-corrected chi connectivity index (χ4v) is 3.00. The summed E-state index contributed by atoms with van der Waals surface area (Å²) in [6.07, 6.45) is 8.00. The SMILES string of the molecule is CCCNC1CCC(N(C)c2ncccc2OC)CC1. The first-order chi connectivity index (χ1) is 9.76. The Morgan fingerprint density at radius 2 is 2.10 bits per heavy atom. The second-order valence-corrected chi connectivity index (χ2v) is 5.60. The molecule has 1 aromatic heterocycles. The van der Waals surface area contributed by atoms with Crippen LogP contribution < -0.4 is 15.0 Å². The third kappa shape index (κ3) is 3.63. The molecule has 20 heavy (non-hydrogen) atoms. The van der Waals surface area contributed by atoms with Gasteiger partial charge < -0.3 is 15.0 Å². The number of ether oxygens (including phenoxy) is 1. The molecule has 0 spiro atoms.